The molecule has 0 unspecified atom stereocenters. The lowest BCUT2D eigenvalue weighted by atomic mass is 9.99. The quantitative estimate of drug-likeness (QED) is 0.327. The molecule has 0 spiro atoms. The number of hydrogen-bond acceptors (Lipinski definition) is 5. The molecule has 2 aromatic carbocycles. The first-order valence-corrected chi connectivity index (χ1v) is 11.9. The number of rotatable bonds is 3. The van der Waals surface area contributed by atoms with Crippen molar-refractivity contribution in [2.45, 2.75) is 20.8 Å². The Morgan fingerprint density at radius 2 is 1.62 bits per heavy atom. The Labute approximate surface area is 196 Å². The van der Waals surface area contributed by atoms with Gasteiger partial charge in [0.15, 0.2) is 0 Å². The third-order valence-electron chi connectivity index (χ3n) is 6.25. The molecule has 0 amide bonds. The van der Waals surface area contributed by atoms with Crippen molar-refractivity contribution in [3.63, 3.8) is 0 Å². The molecule has 0 atom stereocenters. The summed E-state index contributed by atoms with van der Waals surface area (Å²) >= 11 is 7.99. The van der Waals surface area contributed by atoms with Crippen LogP contribution in [-0.2, 0) is 0 Å². The minimum absolute atomic E-state index is 0.182. The summed E-state index contributed by atoms with van der Waals surface area (Å²) in [7, 11) is 0. The monoisotopic (exact) mass is 466 g/mol. The Morgan fingerprint density at radius 3 is 2.34 bits per heavy atom. The van der Waals surface area contributed by atoms with Crippen LogP contribution < -0.4 is 9.80 Å². The van der Waals surface area contributed by atoms with Gasteiger partial charge in [0.05, 0.1) is 11.1 Å². The van der Waals surface area contributed by atoms with Crippen LogP contribution >= 0.6 is 22.9 Å². The number of hydrogen-bond donors (Lipinski definition) is 0. The lowest BCUT2D eigenvalue weighted by Gasteiger charge is -2.37. The van der Waals surface area contributed by atoms with Crippen molar-refractivity contribution in [2.75, 3.05) is 36.0 Å². The van der Waals surface area contributed by atoms with Crippen LogP contribution in [0.5, 0.6) is 0 Å². The molecule has 1 aliphatic heterocycles. The van der Waals surface area contributed by atoms with Crippen LogP contribution in [0, 0.1) is 26.6 Å². The predicted octanol–water partition coefficient (Wildman–Crippen LogP) is 6.40. The van der Waals surface area contributed by atoms with E-state index in [2.05, 4.69) is 58.7 Å². The molecule has 0 aliphatic carbocycles. The van der Waals surface area contributed by atoms with Crippen molar-refractivity contribution < 1.29 is 4.39 Å². The fourth-order valence-electron chi connectivity index (χ4n) is 4.41. The number of para-hydroxylation sites is 1. The number of anilines is 2. The van der Waals surface area contributed by atoms with Crippen LogP contribution in [-0.4, -0.2) is 36.1 Å². The summed E-state index contributed by atoms with van der Waals surface area (Å²) in [5.41, 5.74) is 5.54. The van der Waals surface area contributed by atoms with Crippen LogP contribution in [0.1, 0.15) is 16.0 Å². The van der Waals surface area contributed by atoms with Crippen LogP contribution in [0.25, 0.3) is 21.3 Å². The molecule has 1 saturated heterocycles. The van der Waals surface area contributed by atoms with Crippen molar-refractivity contribution in [1.29, 1.82) is 0 Å². The zero-order valence-corrected chi connectivity index (χ0v) is 19.9. The van der Waals surface area contributed by atoms with Crippen LogP contribution in [0.15, 0.2) is 42.5 Å². The number of aromatic nitrogens is 2. The minimum atomic E-state index is -0.182. The van der Waals surface area contributed by atoms with E-state index in [1.165, 1.54) is 33.2 Å². The van der Waals surface area contributed by atoms with E-state index in [0.717, 1.165) is 29.1 Å². The summed E-state index contributed by atoms with van der Waals surface area (Å²) in [6.07, 6.45) is 0. The average Bonchev–Trinajstić information content (AvgIpc) is 3.11. The Kier molecular flexibility index (Phi) is 5.51. The van der Waals surface area contributed by atoms with Crippen molar-refractivity contribution in [3.05, 3.63) is 69.6 Å². The summed E-state index contributed by atoms with van der Waals surface area (Å²) in [6, 6.07) is 13.5. The fraction of sp³-hybridized carbons (Fsp3) is 0.280. The molecule has 4 aromatic rings. The molecule has 164 valence electrons. The lowest BCUT2D eigenvalue weighted by Crippen LogP contribution is -2.47. The first-order chi connectivity index (χ1) is 15.4. The average molecular weight is 467 g/mol. The largest absolute Gasteiger partial charge is 0.366 e. The minimum Gasteiger partial charge on any atom is -0.366 e. The second kappa shape index (κ2) is 8.34. The van der Waals surface area contributed by atoms with Crippen LogP contribution in [0.3, 0.4) is 0 Å². The van der Waals surface area contributed by atoms with Gasteiger partial charge in [-0.15, -0.1) is 11.3 Å². The number of piperazine rings is 1. The predicted molar refractivity (Wildman–Crippen MR) is 133 cm³/mol. The van der Waals surface area contributed by atoms with Gasteiger partial charge in [0.25, 0.3) is 0 Å². The maximum atomic E-state index is 14.3. The van der Waals surface area contributed by atoms with Gasteiger partial charge in [-0.25, -0.2) is 9.37 Å². The number of fused-ring (bicyclic) bond motifs is 1. The number of thiophene rings is 1. The van der Waals surface area contributed by atoms with E-state index >= 15 is 0 Å². The van der Waals surface area contributed by atoms with E-state index in [-0.39, 0.29) is 11.1 Å². The van der Waals surface area contributed by atoms with E-state index in [1.807, 2.05) is 12.1 Å². The second-order valence-corrected chi connectivity index (χ2v) is 9.80. The Balaban J connectivity index is 1.55. The van der Waals surface area contributed by atoms with Gasteiger partial charge >= 0.3 is 0 Å². The zero-order valence-electron chi connectivity index (χ0n) is 18.3. The summed E-state index contributed by atoms with van der Waals surface area (Å²) in [5.74, 6) is 0.685. The molecular weight excluding hydrogens is 443 g/mol. The summed E-state index contributed by atoms with van der Waals surface area (Å²) in [4.78, 5) is 15.7. The first-order valence-electron chi connectivity index (χ1n) is 10.7. The van der Waals surface area contributed by atoms with Gasteiger partial charge in [-0.2, -0.15) is 4.98 Å². The Bertz CT molecular complexity index is 1310. The van der Waals surface area contributed by atoms with Gasteiger partial charge < -0.3 is 9.80 Å². The van der Waals surface area contributed by atoms with Crippen LogP contribution in [0.2, 0.25) is 5.28 Å². The zero-order chi connectivity index (χ0) is 22.4. The molecule has 0 saturated carbocycles. The molecule has 4 nitrogen and oxygen atoms in total. The highest BCUT2D eigenvalue weighted by Gasteiger charge is 2.25. The third kappa shape index (κ3) is 3.71. The normalized spacial score (nSPS) is 14.4. The lowest BCUT2D eigenvalue weighted by molar-refractivity contribution is 0.596. The standard InChI is InChI=1S/C25H24ClFN4S/c1-15-8-9-18(14-16(15)2)21-17(3)32-24-22(21)23(28-25(26)29-24)31-12-10-30(11-13-31)20-7-5-4-6-19(20)27/h4-9,14H,10-13H2,1-3H3. The van der Waals surface area contributed by atoms with Gasteiger partial charge in [0.2, 0.25) is 5.28 Å². The number of aryl methyl sites for hydroxylation is 3. The van der Waals surface area contributed by atoms with Crippen molar-refractivity contribution in [1.82, 2.24) is 9.97 Å². The van der Waals surface area contributed by atoms with Crippen molar-refractivity contribution in [2.24, 2.45) is 0 Å². The van der Waals surface area contributed by atoms with Gasteiger partial charge in [-0.05, 0) is 61.2 Å². The molecule has 0 bridgehead atoms. The van der Waals surface area contributed by atoms with Gasteiger partial charge in [0.1, 0.15) is 16.5 Å². The maximum absolute atomic E-state index is 14.3. The maximum Gasteiger partial charge on any atom is 0.225 e. The molecule has 0 radical (unpaired) electrons. The van der Waals surface area contributed by atoms with E-state index in [9.17, 15) is 4.39 Å². The molecular formula is C25H24ClFN4S. The molecule has 1 aliphatic rings. The third-order valence-corrected chi connectivity index (χ3v) is 7.42. The summed E-state index contributed by atoms with van der Waals surface area (Å²) < 4.78 is 14.3. The number of nitrogens with zero attached hydrogens (tertiary/aromatic N) is 4. The van der Waals surface area contributed by atoms with Crippen LogP contribution in [0.4, 0.5) is 15.9 Å². The smallest absolute Gasteiger partial charge is 0.225 e. The Morgan fingerprint density at radius 1 is 0.906 bits per heavy atom. The Hall–Kier alpha value is -2.70. The van der Waals surface area contributed by atoms with Gasteiger partial charge in [0, 0.05) is 36.6 Å². The topological polar surface area (TPSA) is 32.3 Å². The molecule has 3 heterocycles. The molecule has 2 aromatic heterocycles. The summed E-state index contributed by atoms with van der Waals surface area (Å²) in [6.45, 7) is 9.29. The van der Waals surface area contributed by atoms with E-state index < -0.39 is 0 Å². The van der Waals surface area contributed by atoms with E-state index in [1.54, 1.807) is 17.4 Å². The first kappa shape index (κ1) is 21.2. The molecule has 1 fully saturated rings. The highest BCUT2D eigenvalue weighted by molar-refractivity contribution is 7.19. The molecule has 5 rings (SSSR count). The van der Waals surface area contributed by atoms with E-state index in [0.29, 0.717) is 18.8 Å². The molecule has 7 heteroatoms. The van der Waals surface area contributed by atoms with Crippen molar-refractivity contribution >= 4 is 44.7 Å². The highest BCUT2D eigenvalue weighted by atomic mass is 35.5. The SMILES string of the molecule is Cc1ccc(-c2c(C)sc3nc(Cl)nc(N4CCN(c5ccccc5F)CC4)c23)cc1C. The fourth-order valence-corrected chi connectivity index (χ4v) is 5.66. The molecule has 32 heavy (non-hydrogen) atoms. The van der Waals surface area contributed by atoms with E-state index in [4.69, 9.17) is 11.6 Å². The number of benzene rings is 2. The van der Waals surface area contributed by atoms with Gasteiger partial charge in [-0.1, -0.05) is 30.3 Å². The second-order valence-electron chi connectivity index (χ2n) is 8.25. The summed E-state index contributed by atoms with van der Waals surface area (Å²) in [5, 5.41) is 1.32. The molecule has 0 N–H and O–H groups in total. The van der Waals surface area contributed by atoms with Crippen molar-refractivity contribution in [3.8, 4) is 11.1 Å². The highest BCUT2D eigenvalue weighted by Crippen LogP contribution is 2.43. The number of halogens is 2. The van der Waals surface area contributed by atoms with Gasteiger partial charge in [-0.3, -0.25) is 0 Å².